The van der Waals surface area contributed by atoms with Crippen LogP contribution in [-0.2, 0) is 17.8 Å². The molecule has 184 valence electrons. The fourth-order valence-electron chi connectivity index (χ4n) is 5.38. The maximum absolute atomic E-state index is 13.8. The summed E-state index contributed by atoms with van der Waals surface area (Å²) in [5.74, 6) is 0.512. The van der Waals surface area contributed by atoms with E-state index in [1.165, 1.54) is 11.3 Å². The van der Waals surface area contributed by atoms with Gasteiger partial charge in [0.25, 0.3) is 5.91 Å². The summed E-state index contributed by atoms with van der Waals surface area (Å²) >= 11 is 1.71. The SMILES string of the molecule is CSc1ccc(CCN2C(=O)c3ccc(-c4ccco4)n3C[C@@]2(C)C(=O)NC2CCCCC2)cc1. The first-order chi connectivity index (χ1) is 17.0. The van der Waals surface area contributed by atoms with E-state index in [4.69, 9.17) is 4.42 Å². The average molecular weight is 492 g/mol. The van der Waals surface area contributed by atoms with Crippen LogP contribution < -0.4 is 5.32 Å². The maximum Gasteiger partial charge on any atom is 0.271 e. The molecule has 7 heteroatoms. The van der Waals surface area contributed by atoms with Crippen LogP contribution in [0.4, 0.5) is 0 Å². The lowest BCUT2D eigenvalue weighted by molar-refractivity contribution is -0.133. The summed E-state index contributed by atoms with van der Waals surface area (Å²) in [6.45, 7) is 2.78. The van der Waals surface area contributed by atoms with Crippen molar-refractivity contribution in [3.63, 3.8) is 0 Å². The molecule has 1 atom stereocenters. The molecule has 3 heterocycles. The number of carbonyl (C=O) groups is 2. The molecular weight excluding hydrogens is 458 g/mol. The molecule has 2 aliphatic rings. The van der Waals surface area contributed by atoms with E-state index in [-0.39, 0.29) is 17.9 Å². The molecule has 0 spiro atoms. The van der Waals surface area contributed by atoms with Gasteiger partial charge in [0.2, 0.25) is 5.91 Å². The Kier molecular flexibility index (Phi) is 6.78. The first kappa shape index (κ1) is 23.8. The van der Waals surface area contributed by atoms with Crippen molar-refractivity contribution < 1.29 is 14.0 Å². The Bertz CT molecular complexity index is 1180. The van der Waals surface area contributed by atoms with Crippen molar-refractivity contribution in [2.75, 3.05) is 12.8 Å². The van der Waals surface area contributed by atoms with Gasteiger partial charge in [-0.2, -0.15) is 0 Å². The number of benzene rings is 1. The summed E-state index contributed by atoms with van der Waals surface area (Å²) in [5.41, 5.74) is 1.57. The van der Waals surface area contributed by atoms with Crippen LogP contribution in [0.5, 0.6) is 0 Å². The fourth-order valence-corrected chi connectivity index (χ4v) is 5.79. The monoisotopic (exact) mass is 491 g/mol. The molecule has 1 aliphatic heterocycles. The largest absolute Gasteiger partial charge is 0.463 e. The van der Waals surface area contributed by atoms with Crippen molar-refractivity contribution >= 4 is 23.6 Å². The zero-order valence-electron chi connectivity index (χ0n) is 20.5. The van der Waals surface area contributed by atoms with E-state index >= 15 is 0 Å². The third-order valence-corrected chi connectivity index (χ3v) is 8.24. The highest BCUT2D eigenvalue weighted by atomic mass is 32.2. The lowest BCUT2D eigenvalue weighted by atomic mass is 9.91. The van der Waals surface area contributed by atoms with Crippen LogP contribution in [0.25, 0.3) is 11.5 Å². The van der Waals surface area contributed by atoms with Crippen LogP contribution in [0.15, 0.2) is 64.1 Å². The van der Waals surface area contributed by atoms with E-state index in [0.717, 1.165) is 36.9 Å². The maximum atomic E-state index is 13.8. The van der Waals surface area contributed by atoms with Gasteiger partial charge in [-0.05, 0) is 74.4 Å². The minimum Gasteiger partial charge on any atom is -0.463 e. The number of carbonyl (C=O) groups excluding carboxylic acids is 2. The summed E-state index contributed by atoms with van der Waals surface area (Å²) in [4.78, 5) is 30.6. The van der Waals surface area contributed by atoms with Crippen molar-refractivity contribution in [3.8, 4) is 11.5 Å². The van der Waals surface area contributed by atoms with Gasteiger partial charge in [-0.15, -0.1) is 11.8 Å². The number of amides is 2. The quantitative estimate of drug-likeness (QED) is 0.451. The lowest BCUT2D eigenvalue weighted by Gasteiger charge is -2.45. The van der Waals surface area contributed by atoms with E-state index in [1.54, 1.807) is 22.9 Å². The van der Waals surface area contributed by atoms with Crippen LogP contribution >= 0.6 is 11.8 Å². The van der Waals surface area contributed by atoms with Crippen molar-refractivity contribution in [2.45, 2.75) is 68.5 Å². The summed E-state index contributed by atoms with van der Waals surface area (Å²) in [6.07, 6.45) is 9.89. The molecule has 0 unspecified atom stereocenters. The third-order valence-electron chi connectivity index (χ3n) is 7.49. The molecule has 3 aromatic rings. The number of hydrogen-bond donors (Lipinski definition) is 1. The highest BCUT2D eigenvalue weighted by molar-refractivity contribution is 7.98. The first-order valence-corrected chi connectivity index (χ1v) is 13.7. The normalized spacial score (nSPS) is 20.6. The van der Waals surface area contributed by atoms with Crippen LogP contribution in [0.1, 0.15) is 55.1 Å². The molecule has 2 aromatic heterocycles. The number of rotatable bonds is 7. The molecule has 1 aliphatic carbocycles. The Morgan fingerprint density at radius 1 is 1.09 bits per heavy atom. The molecular formula is C28H33N3O3S. The van der Waals surface area contributed by atoms with Gasteiger partial charge in [-0.1, -0.05) is 31.4 Å². The van der Waals surface area contributed by atoms with Gasteiger partial charge in [-0.25, -0.2) is 0 Å². The van der Waals surface area contributed by atoms with Gasteiger partial charge in [0.05, 0.1) is 18.5 Å². The van der Waals surface area contributed by atoms with Crippen molar-refractivity contribution in [2.24, 2.45) is 0 Å². The second-order valence-electron chi connectivity index (χ2n) is 9.80. The number of furan rings is 1. The Morgan fingerprint density at radius 2 is 1.83 bits per heavy atom. The van der Waals surface area contributed by atoms with Crippen LogP contribution in [0.3, 0.4) is 0 Å². The highest BCUT2D eigenvalue weighted by Gasteiger charge is 2.48. The number of nitrogens with zero attached hydrogens (tertiary/aromatic N) is 2. The number of fused-ring (bicyclic) bond motifs is 1. The lowest BCUT2D eigenvalue weighted by Crippen LogP contribution is -2.65. The molecule has 1 fully saturated rings. The first-order valence-electron chi connectivity index (χ1n) is 12.5. The summed E-state index contributed by atoms with van der Waals surface area (Å²) in [7, 11) is 0. The van der Waals surface area contributed by atoms with Gasteiger partial charge >= 0.3 is 0 Å². The summed E-state index contributed by atoms with van der Waals surface area (Å²) < 4.78 is 7.58. The van der Waals surface area contributed by atoms with Crippen LogP contribution in [-0.4, -0.2) is 45.7 Å². The molecule has 1 aromatic carbocycles. The Morgan fingerprint density at radius 3 is 2.51 bits per heavy atom. The molecule has 6 nitrogen and oxygen atoms in total. The number of nitrogens with one attached hydrogen (secondary N) is 1. The second kappa shape index (κ2) is 9.97. The third kappa shape index (κ3) is 4.66. The van der Waals surface area contributed by atoms with E-state index < -0.39 is 5.54 Å². The Labute approximate surface area is 211 Å². The van der Waals surface area contributed by atoms with Crippen LogP contribution in [0.2, 0.25) is 0 Å². The summed E-state index contributed by atoms with van der Waals surface area (Å²) in [5, 5.41) is 3.30. The van der Waals surface area contributed by atoms with Gasteiger partial charge in [-0.3, -0.25) is 9.59 Å². The topological polar surface area (TPSA) is 67.5 Å². The number of hydrogen-bond acceptors (Lipinski definition) is 4. The van der Waals surface area contributed by atoms with Crippen molar-refractivity contribution in [1.29, 1.82) is 0 Å². The number of thioether (sulfide) groups is 1. The molecule has 35 heavy (non-hydrogen) atoms. The predicted octanol–water partition coefficient (Wildman–Crippen LogP) is 5.38. The number of aromatic nitrogens is 1. The van der Waals surface area contributed by atoms with E-state index in [0.29, 0.717) is 31.0 Å². The Hall–Kier alpha value is -2.93. The van der Waals surface area contributed by atoms with Gasteiger partial charge in [0.15, 0.2) is 0 Å². The van der Waals surface area contributed by atoms with Gasteiger partial charge in [0, 0.05) is 17.5 Å². The van der Waals surface area contributed by atoms with Crippen LogP contribution in [0, 0.1) is 0 Å². The molecule has 1 N–H and O–H groups in total. The minimum atomic E-state index is -0.999. The molecule has 0 saturated heterocycles. The average Bonchev–Trinajstić information content (AvgIpc) is 3.55. The second-order valence-corrected chi connectivity index (χ2v) is 10.7. The fraction of sp³-hybridized carbons (Fsp3) is 0.429. The summed E-state index contributed by atoms with van der Waals surface area (Å²) in [6, 6.07) is 16.1. The highest BCUT2D eigenvalue weighted by Crippen LogP contribution is 2.34. The molecule has 0 radical (unpaired) electrons. The van der Waals surface area contributed by atoms with Gasteiger partial charge < -0.3 is 19.2 Å². The molecule has 0 bridgehead atoms. The van der Waals surface area contributed by atoms with E-state index in [9.17, 15) is 9.59 Å². The van der Waals surface area contributed by atoms with Crippen molar-refractivity contribution in [1.82, 2.24) is 14.8 Å². The van der Waals surface area contributed by atoms with E-state index in [1.807, 2.05) is 35.8 Å². The van der Waals surface area contributed by atoms with E-state index in [2.05, 4.69) is 35.8 Å². The Balaban J connectivity index is 1.45. The minimum absolute atomic E-state index is 0.0692. The molecule has 2 amide bonds. The predicted molar refractivity (Wildman–Crippen MR) is 139 cm³/mol. The molecule has 5 rings (SSSR count). The van der Waals surface area contributed by atoms with Gasteiger partial charge in [0.1, 0.15) is 17.0 Å². The zero-order valence-corrected chi connectivity index (χ0v) is 21.3. The molecule has 1 saturated carbocycles. The standard InChI is InChI=1S/C28H33N3O3S/c1-28(27(33)29-21-7-4-3-5-8-21)19-30-23(25-9-6-18-34-25)14-15-24(30)26(32)31(28)17-16-20-10-12-22(35-2)13-11-20/h6,9-15,18,21H,3-5,7-8,16-17,19H2,1-2H3,(H,29,33)/t28-/m0/s1. The zero-order chi connectivity index (χ0) is 24.4. The smallest absolute Gasteiger partial charge is 0.271 e. The van der Waals surface area contributed by atoms with Crippen molar-refractivity contribution in [3.05, 3.63) is 66.1 Å².